The maximum absolute atomic E-state index is 7.56. The molecule has 10 aromatic carbocycles. The van der Waals surface area contributed by atoms with Crippen LogP contribution in [0.4, 0.5) is 0 Å². The standard InChI is InChI=1S/C57H21B13N4O/c58-38-30(21-31-33-35(40(60)43(63)42(62)39(33)59)36-37-34(31)51(38)74(52(37)48(68)44(64)41(36)61)53-49(69)46(66)45(65)47(67)50(53)70)29-13-7-12-28-27-19-18-26(20-32(27)75-54(28)29)57-72-55(24-10-5-2-6-11-24)71-56(73-57)25-16-14-23(15-17-25)22-8-3-1-4-9-22/h1-21H. The molecule has 0 aliphatic carbocycles. The lowest BCUT2D eigenvalue weighted by atomic mass is 9.61. The third kappa shape index (κ3) is 6.80. The molecule has 0 aliphatic heterocycles. The van der Waals surface area contributed by atoms with Gasteiger partial charge in [-0.05, 0) is 56.4 Å². The molecule has 3 aromatic heterocycles. The highest BCUT2D eigenvalue weighted by Gasteiger charge is 2.30. The SMILES string of the molecule is [B]c1c([B])c([B])c(-n2c3c([B])c(-c4cccc5c4oc4cc(-c6nc(-c7ccccc7)nc(-c7ccc(-c8ccccc8)cc7)n6)ccc45)cc4c5c([B])c([B])c([B])c([B])c5c5c([B])c([B])c([B])c2c5c43)c([B])c1[B]. The van der Waals surface area contributed by atoms with E-state index in [9.17, 15) is 0 Å². The van der Waals surface area contributed by atoms with Gasteiger partial charge in [0.05, 0.1) is 0 Å². The first kappa shape index (κ1) is 47.2. The number of aromatic nitrogens is 4. The molecular weight excluding hydrogens is 897 g/mol. The van der Waals surface area contributed by atoms with E-state index in [2.05, 4.69) is 24.3 Å². The van der Waals surface area contributed by atoms with E-state index in [0.717, 1.165) is 33.0 Å². The van der Waals surface area contributed by atoms with Crippen molar-refractivity contribution in [2.75, 3.05) is 0 Å². The van der Waals surface area contributed by atoms with Gasteiger partial charge in [0.1, 0.15) is 113 Å². The van der Waals surface area contributed by atoms with Gasteiger partial charge >= 0.3 is 0 Å². The van der Waals surface area contributed by atoms with Crippen LogP contribution in [0, 0.1) is 0 Å². The van der Waals surface area contributed by atoms with Gasteiger partial charge in [0.15, 0.2) is 17.5 Å². The Kier molecular flexibility index (Phi) is 10.8. The molecule has 13 rings (SSSR count). The summed E-state index contributed by atoms with van der Waals surface area (Å²) in [7, 11) is 88.7. The van der Waals surface area contributed by atoms with Gasteiger partial charge in [-0.2, -0.15) is 0 Å². The summed E-state index contributed by atoms with van der Waals surface area (Å²) in [6.45, 7) is 0. The summed E-state index contributed by atoms with van der Waals surface area (Å²) in [5.74, 6) is 1.48. The Morgan fingerprint density at radius 3 is 1.40 bits per heavy atom. The predicted octanol–water partition coefficient (Wildman–Crippen LogP) is -0.733. The molecule has 0 saturated heterocycles. The third-order valence-electron chi connectivity index (χ3n) is 14.7. The van der Waals surface area contributed by atoms with Crippen LogP contribution in [-0.4, -0.2) is 122 Å². The molecule has 0 bridgehead atoms. The molecule has 0 fully saturated rings. The highest BCUT2D eigenvalue weighted by Crippen LogP contribution is 2.44. The fourth-order valence-corrected chi connectivity index (χ4v) is 10.8. The number of hydrogen-bond acceptors (Lipinski definition) is 4. The molecule has 0 N–H and O–H groups in total. The summed E-state index contributed by atoms with van der Waals surface area (Å²) in [4.78, 5) is 15.0. The molecule has 0 aliphatic rings. The zero-order valence-corrected chi connectivity index (χ0v) is 39.8. The van der Waals surface area contributed by atoms with Crippen LogP contribution in [0.2, 0.25) is 0 Å². The number of hydrogen-bond donors (Lipinski definition) is 0. The quantitative estimate of drug-likeness (QED) is 0.163. The Morgan fingerprint density at radius 2 is 0.773 bits per heavy atom. The Balaban J connectivity index is 1.08. The summed E-state index contributed by atoms with van der Waals surface area (Å²) in [5.41, 5.74) is 8.46. The second kappa shape index (κ2) is 17.2. The summed E-state index contributed by atoms with van der Waals surface area (Å²) in [6, 6.07) is 41.7. The zero-order valence-electron chi connectivity index (χ0n) is 39.8. The molecule has 26 radical (unpaired) electrons. The Bertz CT molecular complexity index is 4590. The van der Waals surface area contributed by atoms with Gasteiger partial charge in [-0.3, -0.25) is 0 Å². The number of rotatable bonds is 6. The minimum atomic E-state index is -0.00959. The van der Waals surface area contributed by atoms with E-state index in [0.29, 0.717) is 88.7 Å². The smallest absolute Gasteiger partial charge is 0.164 e. The second-order valence-electron chi connectivity index (χ2n) is 18.7. The molecule has 0 spiro atoms. The normalized spacial score (nSPS) is 11.9. The minimum absolute atomic E-state index is 0.00215. The van der Waals surface area contributed by atoms with Crippen molar-refractivity contribution in [2.45, 2.75) is 0 Å². The van der Waals surface area contributed by atoms with E-state index in [1.807, 2.05) is 103 Å². The molecule has 0 unspecified atom stereocenters. The number of para-hydroxylation sites is 1. The van der Waals surface area contributed by atoms with Gasteiger partial charge in [0, 0.05) is 60.5 Å². The first-order chi connectivity index (χ1) is 36.1. The van der Waals surface area contributed by atoms with Crippen molar-refractivity contribution in [3.05, 3.63) is 127 Å². The topological polar surface area (TPSA) is 56.7 Å². The first-order valence-corrected chi connectivity index (χ1v) is 23.6. The monoisotopic (exact) mass is 920 g/mol. The Labute approximate surface area is 449 Å². The van der Waals surface area contributed by atoms with Gasteiger partial charge in [-0.1, -0.05) is 147 Å². The molecule has 13 aromatic rings. The number of furan rings is 1. The molecule has 0 amide bonds. The van der Waals surface area contributed by atoms with Gasteiger partial charge in [0.25, 0.3) is 0 Å². The number of nitrogens with zero attached hydrogens (tertiary/aromatic N) is 4. The Morgan fingerprint density at radius 1 is 0.307 bits per heavy atom. The Hall–Kier alpha value is -7.57. The average molecular weight is 918 g/mol. The number of fused-ring (bicyclic) bond motifs is 6. The van der Waals surface area contributed by atoms with Gasteiger partial charge in [-0.25, -0.2) is 15.0 Å². The maximum Gasteiger partial charge on any atom is 0.164 e. The van der Waals surface area contributed by atoms with Crippen molar-refractivity contribution in [3.8, 4) is 62.1 Å². The van der Waals surface area contributed by atoms with E-state index in [-0.39, 0.29) is 76.7 Å². The van der Waals surface area contributed by atoms with Crippen LogP contribution in [0.5, 0.6) is 0 Å². The third-order valence-corrected chi connectivity index (χ3v) is 14.7. The minimum Gasteiger partial charge on any atom is -0.455 e. The molecule has 0 saturated carbocycles. The van der Waals surface area contributed by atoms with Gasteiger partial charge < -0.3 is 8.98 Å². The van der Waals surface area contributed by atoms with Crippen molar-refractivity contribution in [3.63, 3.8) is 0 Å². The largest absolute Gasteiger partial charge is 0.455 e. The summed E-state index contributed by atoms with van der Waals surface area (Å²) in [6.07, 6.45) is 0. The second-order valence-corrected chi connectivity index (χ2v) is 18.7. The van der Waals surface area contributed by atoms with Crippen molar-refractivity contribution in [1.82, 2.24) is 19.5 Å². The average Bonchev–Trinajstić information content (AvgIpc) is 4.07. The zero-order chi connectivity index (χ0) is 52.0. The van der Waals surface area contributed by atoms with E-state index < -0.39 is 0 Å². The van der Waals surface area contributed by atoms with Gasteiger partial charge in [-0.15, -0.1) is 32.8 Å². The van der Waals surface area contributed by atoms with Crippen molar-refractivity contribution >= 4 is 238 Å². The molecule has 3 heterocycles. The van der Waals surface area contributed by atoms with Crippen molar-refractivity contribution in [2.24, 2.45) is 0 Å². The van der Waals surface area contributed by atoms with Crippen LogP contribution in [0.1, 0.15) is 0 Å². The first-order valence-electron chi connectivity index (χ1n) is 23.6. The molecule has 75 heavy (non-hydrogen) atoms. The summed E-state index contributed by atoms with van der Waals surface area (Å²) < 4.78 is 8.63. The molecule has 5 nitrogen and oxygen atoms in total. The highest BCUT2D eigenvalue weighted by atomic mass is 16.3. The molecular formula is C57H21B13N4O. The lowest BCUT2D eigenvalue weighted by Gasteiger charge is -2.25. The van der Waals surface area contributed by atoms with E-state index in [1.165, 1.54) is 0 Å². The van der Waals surface area contributed by atoms with Crippen LogP contribution in [0.15, 0.2) is 132 Å². The van der Waals surface area contributed by atoms with Crippen LogP contribution in [0.3, 0.4) is 0 Å². The lowest BCUT2D eigenvalue weighted by Crippen LogP contribution is -2.56. The lowest BCUT2D eigenvalue weighted by molar-refractivity contribution is 0.670. The van der Waals surface area contributed by atoms with Crippen LogP contribution in [0.25, 0.3) is 127 Å². The van der Waals surface area contributed by atoms with E-state index in [4.69, 9.17) is 121 Å². The predicted molar refractivity (Wildman–Crippen MR) is 325 cm³/mol. The molecule has 18 heteroatoms. The fraction of sp³-hybridized carbons (Fsp3) is 0. The summed E-state index contributed by atoms with van der Waals surface area (Å²) >= 11 is 0. The highest BCUT2D eigenvalue weighted by molar-refractivity contribution is 6.73. The van der Waals surface area contributed by atoms with Gasteiger partial charge in [0.2, 0.25) is 0 Å². The fourth-order valence-electron chi connectivity index (χ4n) is 10.8. The van der Waals surface area contributed by atoms with Crippen LogP contribution in [-0.2, 0) is 0 Å². The molecule has 0 atom stereocenters. The molecule has 314 valence electrons. The van der Waals surface area contributed by atoms with Crippen molar-refractivity contribution in [1.29, 1.82) is 0 Å². The summed E-state index contributed by atoms with van der Waals surface area (Å²) in [5, 5.41) is 4.46. The van der Waals surface area contributed by atoms with E-state index in [1.54, 1.807) is 4.57 Å². The van der Waals surface area contributed by atoms with Crippen molar-refractivity contribution < 1.29 is 4.42 Å². The van der Waals surface area contributed by atoms with Crippen LogP contribution >= 0.6 is 0 Å². The van der Waals surface area contributed by atoms with E-state index >= 15 is 0 Å². The number of benzene rings is 10. The maximum atomic E-state index is 7.56. The van der Waals surface area contributed by atoms with Crippen LogP contribution < -0.4 is 71.0 Å².